The second kappa shape index (κ2) is 10.5. The molecule has 0 unspecified atom stereocenters. The fourth-order valence-electron chi connectivity index (χ4n) is 6.12. The number of nitrogens with zero attached hydrogens (tertiary/aromatic N) is 1. The van der Waals surface area contributed by atoms with E-state index in [1.165, 1.54) is 11.3 Å². The number of Topliss-reactive ketones (excluding diaryl/α,β-unsaturated/α-hetero) is 1. The zero-order valence-electron chi connectivity index (χ0n) is 23.5. The summed E-state index contributed by atoms with van der Waals surface area (Å²) in [7, 11) is 0. The standard InChI is InChI=1S/C32H33N5O4S/c1-3-24(38)36-18-13-14-37(16-18)31(40)29-26-25-22(11-12-23(33)28(25)42-29)32(35,30(39)27(26)34)21-10-9-20(15-17(21)2)41-19-7-5-4-6-8-19/h4-12,15,18,27H,3,13-14,16,33-35H2,1-2H3,(H,36,38)/t18-,27-,32-/m0/s1. The van der Waals surface area contributed by atoms with Crippen molar-refractivity contribution in [2.24, 2.45) is 11.5 Å². The second-order valence-corrected chi connectivity index (χ2v) is 12.0. The number of anilines is 1. The van der Waals surface area contributed by atoms with Gasteiger partial charge in [-0.25, -0.2) is 0 Å². The number of aryl methyl sites for hydroxylation is 1. The molecule has 0 radical (unpaired) electrons. The predicted molar refractivity (Wildman–Crippen MR) is 164 cm³/mol. The fourth-order valence-corrected chi connectivity index (χ4v) is 7.39. The Kier molecular flexibility index (Phi) is 7.00. The van der Waals surface area contributed by atoms with Crippen molar-refractivity contribution in [2.75, 3.05) is 18.8 Å². The minimum atomic E-state index is -1.56. The summed E-state index contributed by atoms with van der Waals surface area (Å²) in [5.41, 5.74) is 21.5. The fraction of sp³-hybridized carbons (Fsp3) is 0.281. The van der Waals surface area contributed by atoms with Gasteiger partial charge in [0.25, 0.3) is 5.91 Å². The Morgan fingerprint density at radius 1 is 1.10 bits per heavy atom. The number of benzene rings is 3. The third kappa shape index (κ3) is 4.43. The third-order valence-electron chi connectivity index (χ3n) is 8.27. The summed E-state index contributed by atoms with van der Waals surface area (Å²) < 4.78 is 6.68. The van der Waals surface area contributed by atoms with Crippen molar-refractivity contribution in [3.63, 3.8) is 0 Å². The molecular formula is C32H33N5O4S. The highest BCUT2D eigenvalue weighted by atomic mass is 32.1. The Morgan fingerprint density at radius 2 is 1.83 bits per heavy atom. The van der Waals surface area contributed by atoms with E-state index in [0.29, 0.717) is 74.8 Å². The van der Waals surface area contributed by atoms with Crippen molar-refractivity contribution in [1.82, 2.24) is 10.2 Å². The topological polar surface area (TPSA) is 154 Å². The van der Waals surface area contributed by atoms with Crippen LogP contribution in [0, 0.1) is 6.92 Å². The highest BCUT2D eigenvalue weighted by Gasteiger charge is 2.49. The van der Waals surface area contributed by atoms with Crippen LogP contribution in [0.4, 0.5) is 5.69 Å². The van der Waals surface area contributed by atoms with Crippen molar-refractivity contribution >= 4 is 44.7 Å². The van der Waals surface area contributed by atoms with Crippen LogP contribution in [-0.4, -0.2) is 41.6 Å². The van der Waals surface area contributed by atoms with E-state index in [9.17, 15) is 14.4 Å². The van der Waals surface area contributed by atoms with Crippen molar-refractivity contribution < 1.29 is 19.1 Å². The SMILES string of the molecule is CCC(=O)N[C@H]1CCN(C(=O)c2sc3c(N)ccc4c3c2[C@H](N)C(=O)[C@]4(N)c2ccc(Oc3ccccc3)cc2C)C1. The summed E-state index contributed by atoms with van der Waals surface area (Å²) in [6.45, 7) is 4.56. The minimum Gasteiger partial charge on any atom is -0.457 e. The highest BCUT2D eigenvalue weighted by Crippen LogP contribution is 2.50. The van der Waals surface area contributed by atoms with E-state index in [1.807, 2.05) is 43.3 Å². The molecule has 6 rings (SSSR count). The number of para-hydroxylation sites is 1. The van der Waals surface area contributed by atoms with E-state index in [0.717, 1.165) is 5.56 Å². The number of carbonyl (C=O) groups excluding carboxylic acids is 3. The number of carbonyl (C=O) groups is 3. The molecular weight excluding hydrogens is 550 g/mol. The molecule has 2 heterocycles. The van der Waals surface area contributed by atoms with Gasteiger partial charge in [0.15, 0.2) is 5.78 Å². The molecule has 0 bridgehead atoms. The van der Waals surface area contributed by atoms with Gasteiger partial charge in [-0.15, -0.1) is 11.3 Å². The van der Waals surface area contributed by atoms with Crippen LogP contribution in [0.15, 0.2) is 60.7 Å². The first-order chi connectivity index (χ1) is 20.1. The van der Waals surface area contributed by atoms with Crippen LogP contribution in [0.3, 0.4) is 0 Å². The van der Waals surface area contributed by atoms with E-state index in [2.05, 4.69) is 5.32 Å². The van der Waals surface area contributed by atoms with E-state index in [1.54, 1.807) is 36.1 Å². The molecule has 9 nitrogen and oxygen atoms in total. The summed E-state index contributed by atoms with van der Waals surface area (Å²) in [6, 6.07) is 17.1. The molecule has 216 valence electrons. The Hall–Kier alpha value is -4.25. The molecule has 1 aliphatic carbocycles. The number of nitrogens with two attached hydrogens (primary N) is 3. The van der Waals surface area contributed by atoms with Gasteiger partial charge in [0.2, 0.25) is 5.91 Å². The Labute approximate surface area is 247 Å². The van der Waals surface area contributed by atoms with Gasteiger partial charge in [-0.05, 0) is 60.4 Å². The zero-order chi connectivity index (χ0) is 29.8. The third-order valence-corrected chi connectivity index (χ3v) is 9.51. The van der Waals surface area contributed by atoms with Crippen LogP contribution >= 0.6 is 11.3 Å². The lowest BCUT2D eigenvalue weighted by Crippen LogP contribution is -2.53. The normalized spacial score (nSPS) is 21.5. The van der Waals surface area contributed by atoms with Gasteiger partial charge in [0, 0.05) is 42.2 Å². The first-order valence-corrected chi connectivity index (χ1v) is 14.8. The molecule has 3 aromatic carbocycles. The average molecular weight is 584 g/mol. The van der Waals surface area contributed by atoms with Gasteiger partial charge < -0.3 is 32.2 Å². The zero-order valence-corrected chi connectivity index (χ0v) is 24.3. The van der Waals surface area contributed by atoms with Crippen LogP contribution < -0.4 is 27.3 Å². The molecule has 0 spiro atoms. The van der Waals surface area contributed by atoms with Gasteiger partial charge in [0.05, 0.1) is 15.6 Å². The van der Waals surface area contributed by atoms with E-state index >= 15 is 0 Å². The van der Waals surface area contributed by atoms with Crippen molar-refractivity contribution in [2.45, 2.75) is 44.3 Å². The highest BCUT2D eigenvalue weighted by molar-refractivity contribution is 7.21. The smallest absolute Gasteiger partial charge is 0.264 e. The van der Waals surface area contributed by atoms with Crippen LogP contribution in [0.2, 0.25) is 0 Å². The number of amides is 2. The van der Waals surface area contributed by atoms with Gasteiger partial charge in [-0.1, -0.05) is 37.3 Å². The van der Waals surface area contributed by atoms with Crippen molar-refractivity contribution in [1.29, 1.82) is 0 Å². The Balaban J connectivity index is 1.41. The lowest BCUT2D eigenvalue weighted by atomic mass is 9.69. The molecule has 0 saturated carbocycles. The maximum atomic E-state index is 14.2. The summed E-state index contributed by atoms with van der Waals surface area (Å²) >= 11 is 1.24. The number of hydrogen-bond donors (Lipinski definition) is 4. The van der Waals surface area contributed by atoms with Gasteiger partial charge in [-0.2, -0.15) is 0 Å². The number of thiophene rings is 1. The van der Waals surface area contributed by atoms with Crippen LogP contribution in [0.5, 0.6) is 11.5 Å². The monoisotopic (exact) mass is 583 g/mol. The summed E-state index contributed by atoms with van der Waals surface area (Å²) in [5.74, 6) is 0.633. The Bertz CT molecular complexity index is 1740. The molecule has 7 N–H and O–H groups in total. The van der Waals surface area contributed by atoms with Crippen LogP contribution in [-0.2, 0) is 15.1 Å². The number of ketones is 1. The second-order valence-electron chi connectivity index (χ2n) is 11.0. The molecule has 10 heteroatoms. The molecule has 1 fully saturated rings. The predicted octanol–water partition coefficient (Wildman–Crippen LogP) is 4.11. The van der Waals surface area contributed by atoms with Gasteiger partial charge >= 0.3 is 0 Å². The summed E-state index contributed by atoms with van der Waals surface area (Å²) in [6.07, 6.45) is 1.04. The summed E-state index contributed by atoms with van der Waals surface area (Å²) in [4.78, 5) is 42.0. The van der Waals surface area contributed by atoms with E-state index in [-0.39, 0.29) is 17.9 Å². The van der Waals surface area contributed by atoms with Gasteiger partial charge in [0.1, 0.15) is 17.0 Å². The first kappa shape index (κ1) is 27.9. The maximum absolute atomic E-state index is 14.2. The van der Waals surface area contributed by atoms with Crippen molar-refractivity contribution in [3.05, 3.63) is 87.8 Å². The Morgan fingerprint density at radius 3 is 2.55 bits per heavy atom. The molecule has 42 heavy (non-hydrogen) atoms. The average Bonchev–Trinajstić information content (AvgIpc) is 3.62. The number of ether oxygens (including phenoxy) is 1. The molecule has 1 saturated heterocycles. The lowest BCUT2D eigenvalue weighted by molar-refractivity contribution is -0.124. The molecule has 1 aromatic heterocycles. The lowest BCUT2D eigenvalue weighted by Gasteiger charge is -2.37. The first-order valence-electron chi connectivity index (χ1n) is 14.0. The molecule has 2 amide bonds. The van der Waals surface area contributed by atoms with Crippen LogP contribution in [0.25, 0.3) is 10.1 Å². The van der Waals surface area contributed by atoms with E-state index < -0.39 is 17.4 Å². The number of hydrogen-bond acceptors (Lipinski definition) is 8. The maximum Gasteiger partial charge on any atom is 0.264 e. The number of nitrogens with one attached hydrogen (secondary N) is 1. The molecule has 1 aliphatic heterocycles. The van der Waals surface area contributed by atoms with Crippen molar-refractivity contribution in [3.8, 4) is 11.5 Å². The van der Waals surface area contributed by atoms with Crippen LogP contribution in [0.1, 0.15) is 57.7 Å². The number of likely N-dealkylation sites (tertiary alicyclic amines) is 1. The molecule has 3 atom stereocenters. The number of nitrogen functional groups attached to an aromatic ring is 1. The number of rotatable bonds is 6. The van der Waals surface area contributed by atoms with E-state index in [4.69, 9.17) is 21.9 Å². The molecule has 4 aromatic rings. The summed E-state index contributed by atoms with van der Waals surface area (Å²) in [5, 5.41) is 3.63. The quantitative estimate of drug-likeness (QED) is 0.249. The van der Waals surface area contributed by atoms with Gasteiger partial charge in [-0.3, -0.25) is 14.4 Å². The molecule has 2 aliphatic rings. The largest absolute Gasteiger partial charge is 0.457 e. The minimum absolute atomic E-state index is 0.0504.